The number of hydrogen-bond donors (Lipinski definition) is 0. The van der Waals surface area contributed by atoms with E-state index in [1.807, 2.05) is 36.6 Å². The molecule has 1 aromatic heterocycles. The molecule has 108 valence electrons. The first-order valence-electron chi connectivity index (χ1n) is 7.08. The van der Waals surface area contributed by atoms with Gasteiger partial charge in [0.1, 0.15) is 0 Å². The van der Waals surface area contributed by atoms with Crippen molar-refractivity contribution >= 4 is 17.7 Å². The fourth-order valence-corrected chi connectivity index (χ4v) is 4.56. The molecular weight excluding hydrogens is 272 g/mol. The number of hydrogen-bond acceptors (Lipinski definition) is 4. The van der Waals surface area contributed by atoms with Crippen LogP contribution >= 0.6 is 11.8 Å². The third-order valence-electron chi connectivity index (χ3n) is 3.94. The third kappa shape index (κ3) is 2.56. The number of carbonyl (C=O) groups excluding carboxylic acids is 1. The molecule has 0 radical (unpaired) electrons. The summed E-state index contributed by atoms with van der Waals surface area (Å²) in [5, 5.41) is 0. The number of likely N-dealkylation sites (tertiary alicyclic amines) is 1. The second kappa shape index (κ2) is 5.37. The van der Waals surface area contributed by atoms with Gasteiger partial charge in [-0.2, -0.15) is 0 Å². The van der Waals surface area contributed by atoms with Gasteiger partial charge >= 0.3 is 0 Å². The van der Waals surface area contributed by atoms with E-state index in [2.05, 4.69) is 4.98 Å². The molecule has 3 rings (SSSR count). The molecule has 1 spiro atoms. The lowest BCUT2D eigenvalue weighted by Crippen LogP contribution is -2.60. The van der Waals surface area contributed by atoms with Crippen molar-refractivity contribution in [2.24, 2.45) is 0 Å². The van der Waals surface area contributed by atoms with Gasteiger partial charge in [0.05, 0.1) is 16.4 Å². The maximum atomic E-state index is 12.4. The van der Waals surface area contributed by atoms with Crippen LogP contribution in [0.1, 0.15) is 29.3 Å². The number of pyridine rings is 1. The SMILES string of the molecule is CCOC1CSC2(C1)CN(C(=O)c1cncc(C)c1)C2. The predicted octanol–water partition coefficient (Wildman–Crippen LogP) is 2.13. The van der Waals surface area contributed by atoms with Gasteiger partial charge in [-0.15, -0.1) is 11.8 Å². The first-order valence-corrected chi connectivity index (χ1v) is 8.07. The van der Waals surface area contributed by atoms with Crippen molar-refractivity contribution in [1.29, 1.82) is 0 Å². The molecule has 0 saturated carbocycles. The second-order valence-electron chi connectivity index (χ2n) is 5.69. The van der Waals surface area contributed by atoms with Crippen molar-refractivity contribution < 1.29 is 9.53 Å². The van der Waals surface area contributed by atoms with E-state index in [0.29, 0.717) is 11.7 Å². The number of nitrogens with zero attached hydrogens (tertiary/aromatic N) is 2. The van der Waals surface area contributed by atoms with Crippen LogP contribution in [0.25, 0.3) is 0 Å². The van der Waals surface area contributed by atoms with Gasteiger partial charge in [0.2, 0.25) is 0 Å². The van der Waals surface area contributed by atoms with Crippen LogP contribution in [0.5, 0.6) is 0 Å². The van der Waals surface area contributed by atoms with Crippen molar-refractivity contribution in [1.82, 2.24) is 9.88 Å². The van der Waals surface area contributed by atoms with Crippen molar-refractivity contribution in [3.8, 4) is 0 Å². The zero-order valence-corrected chi connectivity index (χ0v) is 12.8. The van der Waals surface area contributed by atoms with Crippen molar-refractivity contribution in [2.45, 2.75) is 31.1 Å². The third-order valence-corrected chi connectivity index (χ3v) is 5.52. The smallest absolute Gasteiger partial charge is 0.255 e. The minimum atomic E-state index is 0.104. The van der Waals surface area contributed by atoms with E-state index in [4.69, 9.17) is 4.74 Å². The Kier molecular flexibility index (Phi) is 3.73. The number of carbonyl (C=O) groups is 1. The van der Waals surface area contributed by atoms with Gasteiger partial charge < -0.3 is 9.64 Å². The highest BCUT2D eigenvalue weighted by Gasteiger charge is 2.50. The van der Waals surface area contributed by atoms with E-state index in [9.17, 15) is 4.79 Å². The molecule has 4 nitrogen and oxygen atoms in total. The number of aryl methyl sites for hydroxylation is 1. The predicted molar refractivity (Wildman–Crippen MR) is 80.1 cm³/mol. The molecule has 0 aliphatic carbocycles. The molecule has 0 N–H and O–H groups in total. The monoisotopic (exact) mass is 292 g/mol. The van der Waals surface area contributed by atoms with Crippen LogP contribution in [-0.2, 0) is 4.74 Å². The summed E-state index contributed by atoms with van der Waals surface area (Å²) in [6, 6.07) is 1.91. The van der Waals surface area contributed by atoms with Crippen LogP contribution in [0.15, 0.2) is 18.5 Å². The van der Waals surface area contributed by atoms with Gasteiger partial charge in [-0.05, 0) is 31.9 Å². The molecular formula is C15H20N2O2S. The highest BCUT2D eigenvalue weighted by Crippen LogP contribution is 2.46. The fraction of sp³-hybridized carbons (Fsp3) is 0.600. The highest BCUT2D eigenvalue weighted by atomic mass is 32.2. The van der Waals surface area contributed by atoms with E-state index < -0.39 is 0 Å². The molecule has 1 atom stereocenters. The van der Waals surface area contributed by atoms with Crippen LogP contribution in [-0.4, -0.2) is 52.1 Å². The number of thioether (sulfide) groups is 1. The molecule has 3 heterocycles. The van der Waals surface area contributed by atoms with Gasteiger partial charge in [-0.3, -0.25) is 9.78 Å². The van der Waals surface area contributed by atoms with Gasteiger partial charge in [-0.1, -0.05) is 0 Å². The Bertz CT molecular complexity index is 514. The van der Waals surface area contributed by atoms with Crippen molar-refractivity contribution in [3.05, 3.63) is 29.6 Å². The Balaban J connectivity index is 1.59. The van der Waals surface area contributed by atoms with Crippen LogP contribution in [0.3, 0.4) is 0 Å². The summed E-state index contributed by atoms with van der Waals surface area (Å²) < 4.78 is 5.94. The first kappa shape index (κ1) is 13.9. The fourth-order valence-electron chi connectivity index (χ4n) is 3.01. The summed E-state index contributed by atoms with van der Waals surface area (Å²) in [6.07, 6.45) is 4.86. The number of aromatic nitrogens is 1. The summed E-state index contributed by atoms with van der Waals surface area (Å²) in [6.45, 7) is 6.46. The molecule has 1 aromatic rings. The Morgan fingerprint density at radius 3 is 3.05 bits per heavy atom. The van der Waals surface area contributed by atoms with Gasteiger partial charge in [-0.25, -0.2) is 0 Å². The molecule has 1 amide bonds. The van der Waals surface area contributed by atoms with Gasteiger partial charge in [0.15, 0.2) is 0 Å². The number of ether oxygens (including phenoxy) is 1. The van der Waals surface area contributed by atoms with Crippen molar-refractivity contribution in [2.75, 3.05) is 25.4 Å². The maximum absolute atomic E-state index is 12.4. The molecule has 1 unspecified atom stereocenters. The normalized spacial score (nSPS) is 23.9. The molecule has 2 fully saturated rings. The summed E-state index contributed by atoms with van der Waals surface area (Å²) in [5.74, 6) is 1.16. The topological polar surface area (TPSA) is 42.4 Å². The van der Waals surface area contributed by atoms with E-state index in [-0.39, 0.29) is 10.7 Å². The molecule has 0 bridgehead atoms. The molecule has 20 heavy (non-hydrogen) atoms. The van der Waals surface area contributed by atoms with Crippen LogP contribution in [0.2, 0.25) is 0 Å². The zero-order valence-electron chi connectivity index (χ0n) is 12.0. The lowest BCUT2D eigenvalue weighted by atomic mass is 9.92. The van der Waals surface area contributed by atoms with E-state index >= 15 is 0 Å². The van der Waals surface area contributed by atoms with Crippen molar-refractivity contribution in [3.63, 3.8) is 0 Å². The number of amides is 1. The van der Waals surface area contributed by atoms with Crippen LogP contribution in [0, 0.1) is 6.92 Å². The largest absolute Gasteiger partial charge is 0.378 e. The Morgan fingerprint density at radius 1 is 1.55 bits per heavy atom. The zero-order chi connectivity index (χ0) is 14.2. The van der Waals surface area contributed by atoms with E-state index in [1.54, 1.807) is 12.4 Å². The number of rotatable bonds is 3. The molecule has 5 heteroatoms. The first-order chi connectivity index (χ1) is 9.62. The molecule has 2 aliphatic rings. The maximum Gasteiger partial charge on any atom is 0.255 e. The average Bonchev–Trinajstić information content (AvgIpc) is 2.81. The minimum absolute atomic E-state index is 0.104. The van der Waals surface area contributed by atoms with E-state index in [0.717, 1.165) is 37.4 Å². The molecule has 2 saturated heterocycles. The lowest BCUT2D eigenvalue weighted by Gasteiger charge is -2.47. The molecule has 2 aliphatic heterocycles. The highest BCUT2D eigenvalue weighted by molar-refractivity contribution is 8.01. The Morgan fingerprint density at radius 2 is 2.35 bits per heavy atom. The quantitative estimate of drug-likeness (QED) is 0.856. The molecule has 0 aromatic carbocycles. The Hall–Kier alpha value is -1.07. The standard InChI is InChI=1S/C15H20N2O2S/c1-3-19-13-5-15(20-8-13)9-17(10-15)14(18)12-4-11(2)6-16-7-12/h4,6-7,13H,3,5,8-10H2,1-2H3. The lowest BCUT2D eigenvalue weighted by molar-refractivity contribution is 0.0359. The van der Waals surface area contributed by atoms with Crippen LogP contribution in [0.4, 0.5) is 0 Å². The second-order valence-corrected chi connectivity index (χ2v) is 7.18. The summed E-state index contributed by atoms with van der Waals surface area (Å²) in [5.41, 5.74) is 1.72. The van der Waals surface area contributed by atoms with E-state index in [1.165, 1.54) is 0 Å². The summed E-state index contributed by atoms with van der Waals surface area (Å²) in [7, 11) is 0. The average molecular weight is 292 g/mol. The summed E-state index contributed by atoms with van der Waals surface area (Å²) in [4.78, 5) is 18.4. The minimum Gasteiger partial charge on any atom is -0.378 e. The Labute approximate surface area is 123 Å². The summed E-state index contributed by atoms with van der Waals surface area (Å²) >= 11 is 1.96. The van der Waals surface area contributed by atoms with Gasteiger partial charge in [0.25, 0.3) is 5.91 Å². The van der Waals surface area contributed by atoms with Gasteiger partial charge in [0, 0.05) is 37.8 Å². The van der Waals surface area contributed by atoms with Crippen LogP contribution < -0.4 is 0 Å².